The van der Waals surface area contributed by atoms with Crippen LogP contribution in [0.5, 0.6) is 0 Å². The largest absolute Gasteiger partial charge is 0.328 e. The van der Waals surface area contributed by atoms with Gasteiger partial charge in [0.25, 0.3) is 0 Å². The van der Waals surface area contributed by atoms with Gasteiger partial charge in [0, 0.05) is 12.1 Å². The molecule has 13 heavy (non-hydrogen) atoms. The lowest BCUT2D eigenvalue weighted by Gasteiger charge is -2.38. The van der Waals surface area contributed by atoms with E-state index in [-0.39, 0.29) is 0 Å². The third kappa shape index (κ3) is 2.44. The second kappa shape index (κ2) is 4.43. The lowest BCUT2D eigenvalue weighted by atomic mass is 9.89. The third-order valence-electron chi connectivity index (χ3n) is 3.59. The van der Waals surface area contributed by atoms with E-state index in [0.29, 0.717) is 6.04 Å². The van der Waals surface area contributed by atoms with E-state index in [1.807, 2.05) is 0 Å². The first-order valence-electron chi connectivity index (χ1n) is 5.86. The standard InChI is InChI=1S/C11H22N2/c12-10-5-4-6-11(9-10)13-7-2-1-3-8-13/h10-11H,1-9,12H2. The average Bonchev–Trinajstić information content (AvgIpc) is 2.19. The van der Waals surface area contributed by atoms with Crippen LogP contribution in [-0.4, -0.2) is 30.1 Å². The highest BCUT2D eigenvalue weighted by atomic mass is 15.2. The number of likely N-dealkylation sites (tertiary alicyclic amines) is 1. The van der Waals surface area contributed by atoms with Gasteiger partial charge in [-0.1, -0.05) is 12.8 Å². The molecule has 2 nitrogen and oxygen atoms in total. The molecule has 2 N–H and O–H groups in total. The van der Waals surface area contributed by atoms with E-state index in [0.717, 1.165) is 6.04 Å². The summed E-state index contributed by atoms with van der Waals surface area (Å²) in [5.41, 5.74) is 6.01. The second-order valence-corrected chi connectivity index (χ2v) is 4.68. The SMILES string of the molecule is NC1CCCC(N2CCCCC2)C1. The van der Waals surface area contributed by atoms with Crippen LogP contribution in [0.25, 0.3) is 0 Å². The van der Waals surface area contributed by atoms with E-state index in [9.17, 15) is 0 Å². The van der Waals surface area contributed by atoms with Crippen molar-refractivity contribution in [3.8, 4) is 0 Å². The van der Waals surface area contributed by atoms with Crippen molar-refractivity contribution in [1.82, 2.24) is 4.90 Å². The van der Waals surface area contributed by atoms with Crippen molar-refractivity contribution in [3.63, 3.8) is 0 Å². The van der Waals surface area contributed by atoms with Crippen LogP contribution in [0.4, 0.5) is 0 Å². The Bertz CT molecular complexity index is 152. The molecule has 1 saturated carbocycles. The lowest BCUT2D eigenvalue weighted by molar-refractivity contribution is 0.124. The smallest absolute Gasteiger partial charge is 0.0110 e. The van der Waals surface area contributed by atoms with E-state index < -0.39 is 0 Å². The summed E-state index contributed by atoms with van der Waals surface area (Å²) in [6.45, 7) is 2.66. The summed E-state index contributed by atoms with van der Waals surface area (Å²) in [5.74, 6) is 0. The second-order valence-electron chi connectivity index (χ2n) is 4.68. The van der Waals surface area contributed by atoms with E-state index in [1.54, 1.807) is 0 Å². The van der Waals surface area contributed by atoms with Crippen LogP contribution in [-0.2, 0) is 0 Å². The summed E-state index contributed by atoms with van der Waals surface area (Å²) in [6.07, 6.45) is 9.51. The van der Waals surface area contributed by atoms with Gasteiger partial charge in [0.1, 0.15) is 0 Å². The fourth-order valence-electron chi connectivity index (χ4n) is 2.82. The summed E-state index contributed by atoms with van der Waals surface area (Å²) in [5, 5.41) is 0. The van der Waals surface area contributed by atoms with E-state index in [1.165, 1.54) is 58.0 Å². The highest BCUT2D eigenvalue weighted by Gasteiger charge is 2.25. The molecule has 1 aliphatic heterocycles. The zero-order valence-electron chi connectivity index (χ0n) is 8.54. The maximum atomic E-state index is 6.01. The Balaban J connectivity index is 1.83. The summed E-state index contributed by atoms with van der Waals surface area (Å²) < 4.78 is 0. The van der Waals surface area contributed by atoms with Gasteiger partial charge in [-0.2, -0.15) is 0 Å². The van der Waals surface area contributed by atoms with E-state index in [4.69, 9.17) is 5.73 Å². The molecule has 0 amide bonds. The highest BCUT2D eigenvalue weighted by Crippen LogP contribution is 2.24. The number of nitrogens with zero attached hydrogens (tertiary/aromatic N) is 1. The molecule has 0 aromatic heterocycles. The molecule has 0 radical (unpaired) electrons. The first-order valence-corrected chi connectivity index (χ1v) is 5.86. The molecular weight excluding hydrogens is 160 g/mol. The first kappa shape index (κ1) is 9.47. The minimum Gasteiger partial charge on any atom is -0.328 e. The van der Waals surface area contributed by atoms with Gasteiger partial charge < -0.3 is 10.6 Å². The highest BCUT2D eigenvalue weighted by molar-refractivity contribution is 4.83. The van der Waals surface area contributed by atoms with Gasteiger partial charge in [0.15, 0.2) is 0 Å². The Morgan fingerprint density at radius 3 is 2.38 bits per heavy atom. The van der Waals surface area contributed by atoms with Gasteiger partial charge in [-0.3, -0.25) is 0 Å². The molecule has 0 spiro atoms. The quantitative estimate of drug-likeness (QED) is 0.669. The number of piperidine rings is 1. The molecule has 76 valence electrons. The van der Waals surface area contributed by atoms with E-state index in [2.05, 4.69) is 4.90 Å². The van der Waals surface area contributed by atoms with Crippen LogP contribution in [0.3, 0.4) is 0 Å². The van der Waals surface area contributed by atoms with Crippen molar-refractivity contribution in [3.05, 3.63) is 0 Å². The zero-order chi connectivity index (χ0) is 9.10. The molecule has 2 aliphatic rings. The molecular formula is C11H22N2. The van der Waals surface area contributed by atoms with Gasteiger partial charge in [0.2, 0.25) is 0 Å². The zero-order valence-corrected chi connectivity index (χ0v) is 8.54. The molecule has 1 saturated heterocycles. The molecule has 2 heteroatoms. The summed E-state index contributed by atoms with van der Waals surface area (Å²) in [4.78, 5) is 2.68. The Morgan fingerprint density at radius 1 is 0.923 bits per heavy atom. The van der Waals surface area contributed by atoms with Gasteiger partial charge in [-0.15, -0.1) is 0 Å². The molecule has 1 heterocycles. The van der Waals surface area contributed by atoms with E-state index >= 15 is 0 Å². The predicted octanol–water partition coefficient (Wildman–Crippen LogP) is 1.74. The van der Waals surface area contributed by atoms with Crippen LogP contribution in [0.2, 0.25) is 0 Å². The molecule has 1 aliphatic carbocycles. The number of nitrogens with two attached hydrogens (primary N) is 1. The molecule has 0 aromatic carbocycles. The number of hydrogen-bond donors (Lipinski definition) is 1. The number of hydrogen-bond acceptors (Lipinski definition) is 2. The Hall–Kier alpha value is -0.0800. The van der Waals surface area contributed by atoms with Crippen molar-refractivity contribution in [2.24, 2.45) is 5.73 Å². The summed E-state index contributed by atoms with van der Waals surface area (Å²) >= 11 is 0. The van der Waals surface area contributed by atoms with Gasteiger partial charge >= 0.3 is 0 Å². The van der Waals surface area contributed by atoms with Crippen molar-refractivity contribution in [1.29, 1.82) is 0 Å². The van der Waals surface area contributed by atoms with Gasteiger partial charge in [-0.05, 0) is 45.2 Å². The Labute approximate surface area is 81.5 Å². The lowest BCUT2D eigenvalue weighted by Crippen LogP contribution is -2.44. The molecule has 2 rings (SSSR count). The minimum atomic E-state index is 0.487. The molecule has 0 aromatic rings. The van der Waals surface area contributed by atoms with Gasteiger partial charge in [-0.25, -0.2) is 0 Å². The average molecular weight is 182 g/mol. The van der Waals surface area contributed by atoms with Crippen molar-refractivity contribution < 1.29 is 0 Å². The first-order chi connectivity index (χ1) is 6.36. The fraction of sp³-hybridized carbons (Fsp3) is 1.00. The Morgan fingerprint density at radius 2 is 1.69 bits per heavy atom. The maximum absolute atomic E-state index is 6.01. The minimum absolute atomic E-state index is 0.487. The van der Waals surface area contributed by atoms with Gasteiger partial charge in [0.05, 0.1) is 0 Å². The van der Waals surface area contributed by atoms with Crippen molar-refractivity contribution in [2.45, 2.75) is 57.0 Å². The monoisotopic (exact) mass is 182 g/mol. The molecule has 2 unspecified atom stereocenters. The van der Waals surface area contributed by atoms with Crippen LogP contribution in [0.15, 0.2) is 0 Å². The molecule has 0 bridgehead atoms. The maximum Gasteiger partial charge on any atom is 0.0110 e. The summed E-state index contributed by atoms with van der Waals surface area (Å²) in [6, 6.07) is 1.31. The molecule has 2 fully saturated rings. The van der Waals surface area contributed by atoms with Crippen LogP contribution in [0, 0.1) is 0 Å². The third-order valence-corrected chi connectivity index (χ3v) is 3.59. The summed E-state index contributed by atoms with van der Waals surface area (Å²) in [7, 11) is 0. The Kier molecular flexibility index (Phi) is 3.23. The van der Waals surface area contributed by atoms with Crippen LogP contribution < -0.4 is 5.73 Å². The normalized spacial score (nSPS) is 37.6. The molecule has 2 atom stereocenters. The van der Waals surface area contributed by atoms with Crippen molar-refractivity contribution >= 4 is 0 Å². The predicted molar refractivity (Wildman–Crippen MR) is 55.7 cm³/mol. The van der Waals surface area contributed by atoms with Crippen molar-refractivity contribution in [2.75, 3.05) is 13.1 Å². The number of rotatable bonds is 1. The van der Waals surface area contributed by atoms with Crippen LogP contribution >= 0.6 is 0 Å². The van der Waals surface area contributed by atoms with Crippen LogP contribution in [0.1, 0.15) is 44.9 Å². The topological polar surface area (TPSA) is 29.3 Å². The fourth-order valence-corrected chi connectivity index (χ4v) is 2.82.